The maximum Gasteiger partial charge on any atom is 0.261 e. The first-order valence-corrected chi connectivity index (χ1v) is 9.98. The molecule has 1 atom stereocenters. The van der Waals surface area contributed by atoms with Crippen LogP contribution in [0.5, 0.6) is 0 Å². The molecular formula is C22H23N7O2. The third-order valence-corrected chi connectivity index (χ3v) is 4.84. The third-order valence-electron chi connectivity index (χ3n) is 4.84. The largest absolute Gasteiger partial charge is 0.368 e. The summed E-state index contributed by atoms with van der Waals surface area (Å²) in [5, 5.41) is 7.49. The van der Waals surface area contributed by atoms with Crippen molar-refractivity contribution in [2.75, 3.05) is 10.6 Å². The van der Waals surface area contributed by atoms with Crippen LogP contribution in [0.25, 0.3) is 21.8 Å². The first-order chi connectivity index (χ1) is 14.9. The molecule has 4 rings (SSSR count). The van der Waals surface area contributed by atoms with Crippen molar-refractivity contribution < 1.29 is 4.79 Å². The standard InChI is InChI=1S/C22H23N7O2/c1-12(2)10-17(19(23)30)28-22-27-16-7-9-25-21(31)18(16)20(29-22)26-14-5-6-15-13(11-14)4-3-8-24-15/h3-9,11-12,17H,10H2,1-2H3,(H2,23,30)(H,25,31)(H2,26,27,28,29)/t17-/m1/s1. The molecule has 1 amide bonds. The van der Waals surface area contributed by atoms with E-state index >= 15 is 0 Å². The molecule has 0 aliphatic carbocycles. The van der Waals surface area contributed by atoms with Crippen LogP contribution in [0.15, 0.2) is 53.6 Å². The first kappa shape index (κ1) is 20.3. The maximum atomic E-state index is 12.5. The zero-order chi connectivity index (χ0) is 22.0. The van der Waals surface area contributed by atoms with E-state index in [2.05, 4.69) is 30.6 Å². The van der Waals surface area contributed by atoms with Crippen LogP contribution in [0, 0.1) is 5.92 Å². The van der Waals surface area contributed by atoms with E-state index in [1.807, 2.05) is 44.2 Å². The van der Waals surface area contributed by atoms with Crippen LogP contribution in [0.4, 0.5) is 17.5 Å². The Hall–Kier alpha value is -4.01. The van der Waals surface area contributed by atoms with Gasteiger partial charge in [0, 0.05) is 23.5 Å². The number of pyridine rings is 2. The molecule has 9 heteroatoms. The van der Waals surface area contributed by atoms with Crippen molar-refractivity contribution in [1.82, 2.24) is 19.9 Å². The van der Waals surface area contributed by atoms with Crippen LogP contribution in [0.2, 0.25) is 0 Å². The highest BCUT2D eigenvalue weighted by atomic mass is 16.1. The van der Waals surface area contributed by atoms with Crippen molar-refractivity contribution in [2.24, 2.45) is 11.7 Å². The Labute approximate surface area is 178 Å². The van der Waals surface area contributed by atoms with Gasteiger partial charge < -0.3 is 21.4 Å². The average Bonchev–Trinajstić information content (AvgIpc) is 2.73. The molecule has 0 saturated heterocycles. The topological polar surface area (TPSA) is 139 Å². The Balaban J connectivity index is 1.76. The van der Waals surface area contributed by atoms with Crippen molar-refractivity contribution in [3.05, 3.63) is 59.1 Å². The van der Waals surface area contributed by atoms with Gasteiger partial charge in [-0.25, -0.2) is 4.98 Å². The van der Waals surface area contributed by atoms with Gasteiger partial charge in [0.15, 0.2) is 0 Å². The summed E-state index contributed by atoms with van der Waals surface area (Å²) >= 11 is 0. The lowest BCUT2D eigenvalue weighted by Crippen LogP contribution is -2.37. The Kier molecular flexibility index (Phi) is 5.48. The molecule has 0 aliphatic heterocycles. The molecule has 9 nitrogen and oxygen atoms in total. The van der Waals surface area contributed by atoms with Crippen LogP contribution in [0.3, 0.4) is 0 Å². The molecule has 0 radical (unpaired) electrons. The number of primary amides is 1. The Morgan fingerprint density at radius 3 is 2.77 bits per heavy atom. The predicted molar refractivity (Wildman–Crippen MR) is 121 cm³/mol. The zero-order valence-electron chi connectivity index (χ0n) is 17.2. The summed E-state index contributed by atoms with van der Waals surface area (Å²) in [5.74, 6) is 0.301. The fraction of sp³-hybridized carbons (Fsp3) is 0.227. The number of aromatic amines is 1. The van der Waals surface area contributed by atoms with Gasteiger partial charge >= 0.3 is 0 Å². The molecule has 0 aliphatic rings. The van der Waals surface area contributed by atoms with Gasteiger partial charge in [0.05, 0.1) is 11.0 Å². The lowest BCUT2D eigenvalue weighted by atomic mass is 10.0. The molecule has 4 aromatic rings. The minimum Gasteiger partial charge on any atom is -0.368 e. The maximum absolute atomic E-state index is 12.5. The number of H-pyrrole nitrogens is 1. The van der Waals surface area contributed by atoms with Crippen molar-refractivity contribution in [3.8, 4) is 0 Å². The monoisotopic (exact) mass is 417 g/mol. The number of hydrogen-bond acceptors (Lipinski definition) is 7. The second-order valence-corrected chi connectivity index (χ2v) is 7.73. The van der Waals surface area contributed by atoms with E-state index in [1.54, 1.807) is 12.3 Å². The number of carbonyl (C=O) groups is 1. The highest BCUT2D eigenvalue weighted by molar-refractivity contribution is 5.92. The number of amides is 1. The molecule has 3 aromatic heterocycles. The number of aromatic nitrogens is 4. The summed E-state index contributed by atoms with van der Waals surface area (Å²) in [6.07, 6.45) is 3.79. The number of anilines is 3. The Morgan fingerprint density at radius 1 is 1.16 bits per heavy atom. The van der Waals surface area contributed by atoms with E-state index in [0.717, 1.165) is 16.6 Å². The number of hydrogen-bond donors (Lipinski definition) is 4. The summed E-state index contributed by atoms with van der Waals surface area (Å²) in [6, 6.07) is 10.5. The average molecular weight is 417 g/mol. The van der Waals surface area contributed by atoms with E-state index in [0.29, 0.717) is 23.1 Å². The summed E-state index contributed by atoms with van der Waals surface area (Å²) in [7, 11) is 0. The highest BCUT2D eigenvalue weighted by Crippen LogP contribution is 2.25. The van der Waals surface area contributed by atoms with Gasteiger partial charge in [0.2, 0.25) is 11.9 Å². The van der Waals surface area contributed by atoms with Crippen LogP contribution < -0.4 is 21.9 Å². The van der Waals surface area contributed by atoms with Crippen molar-refractivity contribution in [1.29, 1.82) is 0 Å². The van der Waals surface area contributed by atoms with Gasteiger partial charge in [-0.2, -0.15) is 4.98 Å². The zero-order valence-corrected chi connectivity index (χ0v) is 17.2. The van der Waals surface area contributed by atoms with Gasteiger partial charge in [0.25, 0.3) is 5.56 Å². The number of nitrogens with one attached hydrogen (secondary N) is 3. The molecule has 1 aromatic carbocycles. The fourth-order valence-corrected chi connectivity index (χ4v) is 3.41. The number of nitrogens with two attached hydrogens (primary N) is 1. The van der Waals surface area contributed by atoms with E-state index in [1.165, 1.54) is 6.20 Å². The SMILES string of the molecule is CC(C)C[C@@H](Nc1nc(Nc2ccc3ncccc3c2)c2c(=O)[nH]ccc2n1)C(N)=O. The van der Waals surface area contributed by atoms with Gasteiger partial charge in [-0.1, -0.05) is 19.9 Å². The van der Waals surface area contributed by atoms with E-state index in [-0.39, 0.29) is 17.4 Å². The number of benzene rings is 1. The van der Waals surface area contributed by atoms with Crippen molar-refractivity contribution >= 4 is 45.2 Å². The second kappa shape index (κ2) is 8.39. The minimum absolute atomic E-state index is 0.215. The van der Waals surface area contributed by atoms with Gasteiger partial charge in [-0.3, -0.25) is 14.6 Å². The lowest BCUT2D eigenvalue weighted by molar-refractivity contribution is -0.119. The minimum atomic E-state index is -0.626. The number of carbonyl (C=O) groups excluding carboxylic acids is 1. The number of nitrogens with zero attached hydrogens (tertiary/aromatic N) is 3. The molecule has 0 spiro atoms. The molecule has 0 fully saturated rings. The molecule has 0 saturated carbocycles. The summed E-state index contributed by atoms with van der Waals surface area (Å²) < 4.78 is 0. The number of fused-ring (bicyclic) bond motifs is 2. The van der Waals surface area contributed by atoms with Crippen molar-refractivity contribution in [2.45, 2.75) is 26.3 Å². The normalized spacial score (nSPS) is 12.2. The molecule has 31 heavy (non-hydrogen) atoms. The first-order valence-electron chi connectivity index (χ1n) is 9.98. The van der Waals surface area contributed by atoms with E-state index in [4.69, 9.17) is 5.73 Å². The summed E-state index contributed by atoms with van der Waals surface area (Å²) in [4.78, 5) is 40.3. The van der Waals surface area contributed by atoms with E-state index < -0.39 is 11.9 Å². The fourth-order valence-electron chi connectivity index (χ4n) is 3.41. The molecule has 0 unspecified atom stereocenters. The molecule has 3 heterocycles. The second-order valence-electron chi connectivity index (χ2n) is 7.73. The molecular weight excluding hydrogens is 394 g/mol. The molecule has 0 bridgehead atoms. The van der Waals surface area contributed by atoms with Crippen LogP contribution in [-0.2, 0) is 4.79 Å². The summed E-state index contributed by atoms with van der Waals surface area (Å²) in [5.41, 5.74) is 7.28. The van der Waals surface area contributed by atoms with Crippen LogP contribution in [0.1, 0.15) is 20.3 Å². The molecule has 5 N–H and O–H groups in total. The predicted octanol–water partition coefficient (Wildman–Crippen LogP) is 2.92. The summed E-state index contributed by atoms with van der Waals surface area (Å²) in [6.45, 7) is 4.00. The van der Waals surface area contributed by atoms with Crippen molar-refractivity contribution in [3.63, 3.8) is 0 Å². The Bertz CT molecular complexity index is 1320. The molecule has 158 valence electrons. The lowest BCUT2D eigenvalue weighted by Gasteiger charge is -2.18. The Morgan fingerprint density at radius 2 is 2.00 bits per heavy atom. The van der Waals surface area contributed by atoms with Gasteiger partial charge in [-0.15, -0.1) is 0 Å². The van der Waals surface area contributed by atoms with Gasteiger partial charge in [-0.05, 0) is 42.7 Å². The van der Waals surface area contributed by atoms with Crippen LogP contribution >= 0.6 is 0 Å². The highest BCUT2D eigenvalue weighted by Gasteiger charge is 2.19. The smallest absolute Gasteiger partial charge is 0.261 e. The van der Waals surface area contributed by atoms with Crippen LogP contribution in [-0.4, -0.2) is 31.9 Å². The number of rotatable bonds is 7. The third kappa shape index (κ3) is 4.45. The van der Waals surface area contributed by atoms with E-state index in [9.17, 15) is 9.59 Å². The quantitative estimate of drug-likeness (QED) is 0.362. The van der Waals surface area contributed by atoms with Gasteiger partial charge in [0.1, 0.15) is 17.2 Å².